The summed E-state index contributed by atoms with van der Waals surface area (Å²) < 4.78 is 0. The molecule has 24 heteroatoms. The molecule has 0 aliphatic heterocycles. The molecular formula is C46H56N24. The number of hydrogen-bond acceptors (Lipinski definition) is 24. The van der Waals surface area contributed by atoms with Crippen molar-refractivity contribution in [3.8, 4) is 0 Å². The molecule has 70 heavy (non-hydrogen) atoms. The minimum Gasteiger partial charge on any atom is -0.261 e. The van der Waals surface area contributed by atoms with Crippen LogP contribution in [0.2, 0.25) is 0 Å². The van der Waals surface area contributed by atoms with Crippen molar-refractivity contribution in [2.75, 3.05) is 0 Å². The molecule has 0 spiro atoms. The summed E-state index contributed by atoms with van der Waals surface area (Å²) in [5.74, 6) is 2.29. The summed E-state index contributed by atoms with van der Waals surface area (Å²) in [4.78, 5) is 53.1. The van der Waals surface area contributed by atoms with Crippen molar-refractivity contribution >= 4 is 0 Å². The van der Waals surface area contributed by atoms with Gasteiger partial charge in [0.2, 0.25) is 0 Å². The summed E-state index contributed by atoms with van der Waals surface area (Å²) in [6, 6.07) is 9.34. The Labute approximate surface area is 407 Å². The van der Waals surface area contributed by atoms with Gasteiger partial charge in [0.25, 0.3) is 0 Å². The zero-order chi connectivity index (χ0) is 51.1. The second kappa shape index (κ2) is 41.0. The summed E-state index contributed by atoms with van der Waals surface area (Å²) in [7, 11) is 0. The van der Waals surface area contributed by atoms with E-state index in [1.165, 1.54) is 38.0 Å². The maximum atomic E-state index is 3.92. The highest BCUT2D eigenvalue weighted by Gasteiger charge is 1.81. The van der Waals surface area contributed by atoms with Gasteiger partial charge in [-0.3, -0.25) is 9.97 Å². The molecule has 0 aliphatic carbocycles. The van der Waals surface area contributed by atoms with E-state index in [1.54, 1.807) is 106 Å². The predicted octanol–water partition coefficient (Wildman–Crippen LogP) is 5.43. The Morgan fingerprint density at radius 2 is 0.857 bits per heavy atom. The molecule has 0 fully saturated rings. The van der Waals surface area contributed by atoms with E-state index >= 15 is 0 Å². The van der Waals surface area contributed by atoms with Crippen LogP contribution in [0.15, 0.2) is 161 Å². The van der Waals surface area contributed by atoms with Crippen LogP contribution in [0.4, 0.5) is 0 Å². The van der Waals surface area contributed by atoms with Gasteiger partial charge in [-0.2, -0.15) is 35.7 Å². The van der Waals surface area contributed by atoms with Crippen LogP contribution in [0.1, 0.15) is 57.1 Å². The molecule has 0 radical (unpaired) electrons. The van der Waals surface area contributed by atoms with Gasteiger partial charge in [0.1, 0.15) is 55.4 Å². The van der Waals surface area contributed by atoms with Crippen molar-refractivity contribution in [2.24, 2.45) is 0 Å². The molecule has 0 N–H and O–H groups in total. The van der Waals surface area contributed by atoms with Gasteiger partial charge in [-0.25, -0.2) is 59.8 Å². The Kier molecular flexibility index (Phi) is 34.3. The van der Waals surface area contributed by atoms with E-state index in [2.05, 4.69) is 121 Å². The number of hydrogen-bond donors (Lipinski definition) is 0. The second-order valence-corrected chi connectivity index (χ2v) is 13.1. The summed E-state index contributed by atoms with van der Waals surface area (Å²) in [5.41, 5.74) is 6.93. The molecule has 24 nitrogen and oxygen atoms in total. The van der Waals surface area contributed by atoms with Crippen molar-refractivity contribution in [3.63, 3.8) is 0 Å². The minimum absolute atomic E-state index is 0.711. The highest BCUT2D eigenvalue weighted by Crippen LogP contribution is 1.87. The molecule has 10 heterocycles. The van der Waals surface area contributed by atoms with Gasteiger partial charge in [-0.1, -0.05) is 0 Å². The Morgan fingerprint density at radius 1 is 0.243 bits per heavy atom. The Hall–Kier alpha value is -9.48. The molecule has 0 aliphatic rings. The van der Waals surface area contributed by atoms with Gasteiger partial charge in [-0.05, 0) is 111 Å². The van der Waals surface area contributed by atoms with E-state index in [1.807, 2.05) is 86.6 Å². The topological polar surface area (TPSA) is 309 Å². The molecule has 0 saturated heterocycles. The SMILES string of the molecule is Cc1cccnn1.Cc1ccncn1.Cc1ccnnc1.Cc1cnccn1.Cc1cncnc1.Cc1cncnn1.Cc1cnncn1.Cc1ncccn1.Cc1nccnn1.Cc1ncncn1. The summed E-state index contributed by atoms with van der Waals surface area (Å²) >= 11 is 0. The zero-order valence-electron chi connectivity index (χ0n) is 40.7. The quantitative estimate of drug-likeness (QED) is 0.183. The minimum atomic E-state index is 0.711. The molecule has 0 saturated carbocycles. The lowest BCUT2D eigenvalue weighted by atomic mass is 10.4. The lowest BCUT2D eigenvalue weighted by Gasteiger charge is -1.81. The van der Waals surface area contributed by atoms with Crippen LogP contribution in [0.3, 0.4) is 0 Å². The monoisotopic (exact) mass is 945 g/mol. The third kappa shape index (κ3) is 38.9. The first-order chi connectivity index (χ1) is 33.9. The van der Waals surface area contributed by atoms with E-state index in [0.29, 0.717) is 5.82 Å². The Balaban J connectivity index is 0.000000389. The normalized spacial score (nSPS) is 8.71. The largest absolute Gasteiger partial charge is 0.261 e. The first-order valence-electron chi connectivity index (χ1n) is 20.7. The Bertz CT molecular complexity index is 1990. The number of nitrogens with zero attached hydrogens (tertiary/aromatic N) is 24. The predicted molar refractivity (Wildman–Crippen MR) is 259 cm³/mol. The average molecular weight is 945 g/mol. The van der Waals surface area contributed by atoms with Crippen molar-refractivity contribution in [3.05, 3.63) is 218 Å². The zero-order valence-corrected chi connectivity index (χ0v) is 40.7. The van der Waals surface area contributed by atoms with Crippen LogP contribution in [0.5, 0.6) is 0 Å². The molecule has 10 aromatic heterocycles. The molecule has 0 atom stereocenters. The van der Waals surface area contributed by atoms with E-state index in [4.69, 9.17) is 0 Å². The van der Waals surface area contributed by atoms with Crippen molar-refractivity contribution in [1.82, 2.24) is 121 Å². The van der Waals surface area contributed by atoms with E-state index < -0.39 is 0 Å². The van der Waals surface area contributed by atoms with E-state index in [0.717, 1.165) is 51.2 Å². The van der Waals surface area contributed by atoms with Gasteiger partial charge in [0.15, 0.2) is 0 Å². The first kappa shape index (κ1) is 58.5. The maximum absolute atomic E-state index is 3.92. The van der Waals surface area contributed by atoms with Crippen LogP contribution in [-0.4, -0.2) is 121 Å². The fourth-order valence-corrected chi connectivity index (χ4v) is 3.43. The van der Waals surface area contributed by atoms with Gasteiger partial charge < -0.3 is 0 Å². The summed E-state index contributed by atoms with van der Waals surface area (Å²) in [6.07, 6.45) is 34.1. The molecule has 0 bridgehead atoms. The highest BCUT2D eigenvalue weighted by atomic mass is 15.1. The fourth-order valence-electron chi connectivity index (χ4n) is 3.43. The van der Waals surface area contributed by atoms with Gasteiger partial charge in [0, 0.05) is 73.9 Å². The van der Waals surface area contributed by atoms with Crippen LogP contribution in [0.25, 0.3) is 0 Å². The Morgan fingerprint density at radius 3 is 1.14 bits per heavy atom. The number of aryl methyl sites for hydroxylation is 10. The third-order valence-electron chi connectivity index (χ3n) is 6.68. The lowest BCUT2D eigenvalue weighted by molar-refractivity contribution is 0.907. The van der Waals surface area contributed by atoms with Crippen molar-refractivity contribution in [2.45, 2.75) is 69.2 Å². The maximum Gasteiger partial charge on any atom is 0.147 e. The smallest absolute Gasteiger partial charge is 0.147 e. The molecule has 0 aromatic carbocycles. The van der Waals surface area contributed by atoms with Gasteiger partial charge in [-0.15, -0.1) is 15.3 Å². The fraction of sp³-hybridized carbons (Fsp3) is 0.217. The first-order valence-corrected chi connectivity index (χ1v) is 20.7. The molecule has 10 aromatic rings. The average Bonchev–Trinajstić information content (AvgIpc) is 3.38. The second-order valence-electron chi connectivity index (χ2n) is 13.1. The van der Waals surface area contributed by atoms with Crippen molar-refractivity contribution < 1.29 is 0 Å². The van der Waals surface area contributed by atoms with Gasteiger partial charge >= 0.3 is 0 Å². The van der Waals surface area contributed by atoms with Crippen molar-refractivity contribution in [1.29, 1.82) is 0 Å². The molecule has 10 rings (SSSR count). The standard InChI is InChI=1S/6C5H6N2.4C4H5N3/c1-5-2-6-4-7-3-5;1-5-4-6-2-3-7-5;1-5-2-3-6-4-7-5;1-5-2-3-6-7-4-5;1-5-6-3-2-4-7-5;1-5-3-2-4-6-7-5;1-4-6-2-5-3-7-4;1-4-2-6-7-3-5-4;1-4-2-5-3-6-7-4;1-4-5-2-3-6-7-4/h6*2-4H,1H3;4*2-3H,1H3. The van der Waals surface area contributed by atoms with Gasteiger partial charge in [0.05, 0.1) is 47.6 Å². The number of rotatable bonds is 0. The van der Waals surface area contributed by atoms with Crippen LogP contribution in [0, 0.1) is 69.2 Å². The molecule has 360 valence electrons. The molecule has 0 unspecified atom stereocenters. The van der Waals surface area contributed by atoms with Crippen LogP contribution < -0.4 is 0 Å². The highest BCUT2D eigenvalue weighted by molar-refractivity contribution is 5.00. The summed E-state index contributed by atoms with van der Waals surface area (Å²) in [6.45, 7) is 18.9. The van der Waals surface area contributed by atoms with E-state index in [-0.39, 0.29) is 0 Å². The van der Waals surface area contributed by atoms with Crippen LogP contribution in [-0.2, 0) is 0 Å². The van der Waals surface area contributed by atoms with E-state index in [9.17, 15) is 0 Å². The third-order valence-corrected chi connectivity index (χ3v) is 6.68. The summed E-state index contributed by atoms with van der Waals surface area (Å²) in [5, 5.41) is 36.0. The van der Waals surface area contributed by atoms with Crippen LogP contribution >= 0.6 is 0 Å². The molecule has 0 amide bonds. The number of aromatic nitrogens is 24. The lowest BCUT2D eigenvalue weighted by Crippen LogP contribution is -1.85. The molecular weight excluding hydrogens is 889 g/mol.